The average Bonchev–Trinajstić information content (AvgIpc) is 2.75. The highest BCUT2D eigenvalue weighted by Crippen LogP contribution is 2.21. The topological polar surface area (TPSA) is 101 Å². The number of amides is 2. The minimum Gasteiger partial charge on any atom is -0.352 e. The molecule has 0 aromatic heterocycles. The lowest BCUT2D eigenvalue weighted by atomic mass is 10.1. The first-order valence-corrected chi connectivity index (χ1v) is 9.01. The van der Waals surface area contributed by atoms with Crippen LogP contribution in [0.1, 0.15) is 16.8 Å². The van der Waals surface area contributed by atoms with Gasteiger partial charge in [0.05, 0.1) is 4.92 Å². The van der Waals surface area contributed by atoms with E-state index in [1.165, 1.54) is 24.3 Å². The van der Waals surface area contributed by atoms with Crippen LogP contribution in [0.3, 0.4) is 0 Å². The maximum Gasteiger partial charge on any atom is 0.269 e. The number of benzene rings is 3. The third-order valence-corrected chi connectivity index (χ3v) is 4.25. The van der Waals surface area contributed by atoms with Crippen molar-refractivity contribution in [1.29, 1.82) is 0 Å². The Morgan fingerprint density at radius 3 is 2.07 bits per heavy atom. The molecule has 0 spiro atoms. The van der Waals surface area contributed by atoms with Gasteiger partial charge < -0.3 is 10.6 Å². The lowest BCUT2D eigenvalue weighted by Gasteiger charge is -2.08. The molecule has 0 saturated heterocycles. The van der Waals surface area contributed by atoms with Gasteiger partial charge >= 0.3 is 0 Å². The van der Waals surface area contributed by atoms with Gasteiger partial charge in [-0.25, -0.2) is 0 Å². The number of nitrogens with zero attached hydrogens (tertiary/aromatic N) is 1. The Hall–Kier alpha value is -4.00. The van der Waals surface area contributed by atoms with Crippen molar-refractivity contribution in [1.82, 2.24) is 5.32 Å². The first-order valence-electron chi connectivity index (χ1n) is 9.01. The maximum atomic E-state index is 12.1. The van der Waals surface area contributed by atoms with Gasteiger partial charge in [-0.2, -0.15) is 0 Å². The molecular weight excluding hydrogens is 370 g/mol. The molecular formula is C22H19N3O4. The Morgan fingerprint density at radius 1 is 0.828 bits per heavy atom. The number of carbonyl (C=O) groups excluding carboxylic acids is 2. The number of hydrogen-bond donors (Lipinski definition) is 2. The Kier molecular flexibility index (Phi) is 6.32. The van der Waals surface area contributed by atoms with Crippen molar-refractivity contribution in [2.45, 2.75) is 6.42 Å². The smallest absolute Gasteiger partial charge is 0.269 e. The molecule has 0 aliphatic rings. The summed E-state index contributed by atoms with van der Waals surface area (Å²) < 4.78 is 0. The molecule has 0 unspecified atom stereocenters. The summed E-state index contributed by atoms with van der Waals surface area (Å²) in [7, 11) is 0. The van der Waals surface area contributed by atoms with Gasteiger partial charge in [0.2, 0.25) is 5.91 Å². The number of nitrogens with one attached hydrogen (secondary N) is 2. The molecule has 0 aliphatic heterocycles. The van der Waals surface area contributed by atoms with Gasteiger partial charge in [0.25, 0.3) is 11.6 Å². The van der Waals surface area contributed by atoms with E-state index in [4.69, 9.17) is 0 Å². The van der Waals surface area contributed by atoms with Crippen LogP contribution in [-0.2, 0) is 4.79 Å². The maximum absolute atomic E-state index is 12.1. The summed E-state index contributed by atoms with van der Waals surface area (Å²) in [6.45, 7) is 0.157. The summed E-state index contributed by atoms with van der Waals surface area (Å²) in [6.07, 6.45) is 0.110. The quantitative estimate of drug-likeness (QED) is 0.471. The van der Waals surface area contributed by atoms with Crippen molar-refractivity contribution >= 4 is 23.2 Å². The SMILES string of the molecule is O=C(CCNC(=O)c1ccc([N+](=O)[O-])cc1)Nc1ccc(-c2ccccc2)cc1. The summed E-state index contributed by atoms with van der Waals surface area (Å²) in [5.74, 6) is -0.610. The molecule has 0 bridgehead atoms. The zero-order valence-electron chi connectivity index (χ0n) is 15.5. The zero-order chi connectivity index (χ0) is 20.6. The van der Waals surface area contributed by atoms with Crippen LogP contribution >= 0.6 is 0 Å². The number of non-ortho nitro benzene ring substituents is 1. The fraction of sp³-hybridized carbons (Fsp3) is 0.0909. The molecule has 2 amide bonds. The highest BCUT2D eigenvalue weighted by atomic mass is 16.6. The number of nitro benzene ring substituents is 1. The fourth-order valence-electron chi connectivity index (χ4n) is 2.73. The highest BCUT2D eigenvalue weighted by Gasteiger charge is 2.10. The molecule has 0 heterocycles. The van der Waals surface area contributed by atoms with Crippen molar-refractivity contribution in [3.05, 3.63) is 94.5 Å². The predicted octanol–water partition coefficient (Wildman–Crippen LogP) is 4.02. The minimum absolute atomic E-state index is 0.0841. The van der Waals surface area contributed by atoms with E-state index >= 15 is 0 Å². The normalized spacial score (nSPS) is 10.2. The van der Waals surface area contributed by atoms with Crippen molar-refractivity contribution in [3.63, 3.8) is 0 Å². The van der Waals surface area contributed by atoms with E-state index < -0.39 is 4.92 Å². The van der Waals surface area contributed by atoms with E-state index in [-0.39, 0.29) is 30.5 Å². The van der Waals surface area contributed by atoms with E-state index in [1.54, 1.807) is 0 Å². The molecule has 7 nitrogen and oxygen atoms in total. The van der Waals surface area contributed by atoms with E-state index in [9.17, 15) is 19.7 Å². The average molecular weight is 389 g/mol. The summed E-state index contributed by atoms with van der Waals surface area (Å²) in [4.78, 5) is 34.2. The van der Waals surface area contributed by atoms with Crippen LogP contribution in [0.5, 0.6) is 0 Å². The second kappa shape index (κ2) is 9.27. The van der Waals surface area contributed by atoms with E-state index in [0.717, 1.165) is 11.1 Å². The van der Waals surface area contributed by atoms with Gasteiger partial charge in [-0.05, 0) is 35.4 Å². The van der Waals surface area contributed by atoms with E-state index in [1.807, 2.05) is 54.6 Å². The van der Waals surface area contributed by atoms with Gasteiger partial charge in [-0.1, -0.05) is 42.5 Å². The van der Waals surface area contributed by atoms with Crippen LogP contribution in [0, 0.1) is 10.1 Å². The lowest BCUT2D eigenvalue weighted by Crippen LogP contribution is -2.27. The molecule has 0 fully saturated rings. The van der Waals surface area contributed by atoms with Gasteiger partial charge in [0.1, 0.15) is 0 Å². The molecule has 3 aromatic carbocycles. The van der Waals surface area contributed by atoms with Crippen LogP contribution in [0.25, 0.3) is 11.1 Å². The summed E-state index contributed by atoms with van der Waals surface area (Å²) in [6, 6.07) is 22.7. The molecule has 0 saturated carbocycles. The summed E-state index contributed by atoms with van der Waals surface area (Å²) >= 11 is 0. The van der Waals surface area contributed by atoms with E-state index in [0.29, 0.717) is 11.3 Å². The standard InChI is InChI=1S/C22H19N3O4/c26-21(14-15-23-22(27)18-8-12-20(13-9-18)25(28)29)24-19-10-6-17(7-11-19)16-4-2-1-3-5-16/h1-13H,14-15H2,(H,23,27)(H,24,26). The van der Waals surface area contributed by atoms with Gasteiger partial charge in [-0.3, -0.25) is 19.7 Å². The second-order valence-electron chi connectivity index (χ2n) is 6.30. The van der Waals surface area contributed by atoms with Crippen LogP contribution in [0.15, 0.2) is 78.9 Å². The Labute approximate surface area is 167 Å². The van der Waals surface area contributed by atoms with Gasteiger partial charge in [-0.15, -0.1) is 0 Å². The molecule has 0 atom stereocenters. The third kappa shape index (κ3) is 5.49. The molecule has 0 aliphatic carbocycles. The third-order valence-electron chi connectivity index (χ3n) is 4.25. The monoisotopic (exact) mass is 389 g/mol. The Bertz CT molecular complexity index is 1000. The van der Waals surface area contributed by atoms with Crippen LogP contribution in [0.2, 0.25) is 0 Å². The van der Waals surface area contributed by atoms with E-state index in [2.05, 4.69) is 10.6 Å². The molecule has 0 radical (unpaired) electrons. The zero-order valence-corrected chi connectivity index (χ0v) is 15.5. The molecule has 3 rings (SSSR count). The summed E-state index contributed by atoms with van der Waals surface area (Å²) in [5, 5.41) is 16.0. The molecule has 2 N–H and O–H groups in total. The van der Waals surface area contributed by atoms with Gasteiger partial charge in [0.15, 0.2) is 0 Å². The Balaban J connectivity index is 1.46. The number of hydrogen-bond acceptors (Lipinski definition) is 4. The second-order valence-corrected chi connectivity index (χ2v) is 6.30. The molecule has 146 valence electrons. The van der Waals surface area contributed by atoms with Crippen LogP contribution < -0.4 is 10.6 Å². The number of nitro groups is 1. The molecule has 29 heavy (non-hydrogen) atoms. The summed E-state index contributed by atoms with van der Waals surface area (Å²) in [5.41, 5.74) is 3.04. The van der Waals surface area contributed by atoms with Crippen molar-refractivity contribution < 1.29 is 14.5 Å². The van der Waals surface area contributed by atoms with Crippen molar-refractivity contribution in [2.24, 2.45) is 0 Å². The number of anilines is 1. The van der Waals surface area contributed by atoms with Gasteiger partial charge in [0, 0.05) is 36.3 Å². The first kappa shape index (κ1) is 19.8. The minimum atomic E-state index is -0.529. The Morgan fingerprint density at radius 2 is 1.45 bits per heavy atom. The van der Waals surface area contributed by atoms with Crippen molar-refractivity contribution in [2.75, 3.05) is 11.9 Å². The van der Waals surface area contributed by atoms with Crippen LogP contribution in [0.4, 0.5) is 11.4 Å². The molecule has 3 aromatic rings. The fourth-order valence-corrected chi connectivity index (χ4v) is 2.73. The highest BCUT2D eigenvalue weighted by molar-refractivity contribution is 5.95. The van der Waals surface area contributed by atoms with Crippen LogP contribution in [-0.4, -0.2) is 23.3 Å². The first-order chi connectivity index (χ1) is 14.0. The number of rotatable bonds is 7. The largest absolute Gasteiger partial charge is 0.352 e. The predicted molar refractivity (Wildman–Crippen MR) is 111 cm³/mol. The lowest BCUT2D eigenvalue weighted by molar-refractivity contribution is -0.384. The number of carbonyl (C=O) groups is 2. The molecule has 7 heteroatoms. The van der Waals surface area contributed by atoms with Crippen molar-refractivity contribution in [3.8, 4) is 11.1 Å².